The first-order valence-corrected chi connectivity index (χ1v) is 11.3. The maximum atomic E-state index is 13.3. The molecule has 0 aliphatic heterocycles. The van der Waals surface area contributed by atoms with Crippen molar-refractivity contribution in [2.45, 2.75) is 6.04 Å². The number of hydrazone groups is 1. The number of nitrogens with one attached hydrogen (secondary N) is 3. The second kappa shape index (κ2) is 10.0. The Balaban J connectivity index is 1.48. The van der Waals surface area contributed by atoms with Crippen LogP contribution in [0.5, 0.6) is 0 Å². The van der Waals surface area contributed by atoms with Crippen LogP contribution < -0.4 is 16.3 Å². The minimum absolute atomic E-state index is 0.201. The van der Waals surface area contributed by atoms with Crippen molar-refractivity contribution in [2.24, 2.45) is 5.10 Å². The van der Waals surface area contributed by atoms with Gasteiger partial charge in [-0.05, 0) is 29.0 Å². The van der Waals surface area contributed by atoms with E-state index in [1.54, 1.807) is 60.8 Å². The van der Waals surface area contributed by atoms with E-state index in [1.165, 1.54) is 0 Å². The summed E-state index contributed by atoms with van der Waals surface area (Å²) in [5.74, 6) is -1.08. The van der Waals surface area contributed by atoms with Crippen molar-refractivity contribution in [3.8, 4) is 0 Å². The first kappa shape index (κ1) is 22.7. The largest absolute Gasteiger partial charge is 0.335 e. The SMILES string of the molecule is O=C(N[C@@H](C(=O)NN=Cc1cccc2ccccc12)c1n[nH]c(=O)c2ccccc12)c1ccccc1. The molecule has 176 valence electrons. The Kier molecular flexibility index (Phi) is 6.31. The van der Waals surface area contributed by atoms with Crippen molar-refractivity contribution in [1.29, 1.82) is 0 Å². The normalized spacial score (nSPS) is 12.0. The minimum atomic E-state index is -1.22. The third kappa shape index (κ3) is 4.60. The number of carbonyl (C=O) groups is 2. The number of H-pyrrole nitrogens is 1. The van der Waals surface area contributed by atoms with Crippen LogP contribution in [-0.2, 0) is 4.79 Å². The molecule has 0 bridgehead atoms. The lowest BCUT2D eigenvalue weighted by Crippen LogP contribution is -2.40. The Morgan fingerprint density at radius 1 is 0.806 bits per heavy atom. The van der Waals surface area contributed by atoms with Crippen molar-refractivity contribution in [1.82, 2.24) is 20.9 Å². The van der Waals surface area contributed by atoms with Crippen LogP contribution in [0.15, 0.2) is 107 Å². The Morgan fingerprint density at radius 2 is 1.47 bits per heavy atom. The molecule has 0 unspecified atom stereocenters. The van der Waals surface area contributed by atoms with Crippen molar-refractivity contribution >= 4 is 39.6 Å². The van der Waals surface area contributed by atoms with Crippen LogP contribution in [0.3, 0.4) is 0 Å². The summed E-state index contributed by atoms with van der Waals surface area (Å²) in [6.07, 6.45) is 1.55. The summed E-state index contributed by atoms with van der Waals surface area (Å²) in [5.41, 5.74) is 3.53. The molecular formula is C28H21N5O3. The Bertz CT molecular complexity index is 1660. The van der Waals surface area contributed by atoms with Crippen LogP contribution in [-0.4, -0.2) is 28.2 Å². The first-order valence-electron chi connectivity index (χ1n) is 11.3. The van der Waals surface area contributed by atoms with Crippen LogP contribution in [0.4, 0.5) is 0 Å². The molecule has 0 radical (unpaired) electrons. The second-order valence-electron chi connectivity index (χ2n) is 8.06. The molecule has 1 aromatic heterocycles. The maximum absolute atomic E-state index is 13.3. The monoisotopic (exact) mass is 475 g/mol. The average Bonchev–Trinajstić information content (AvgIpc) is 2.93. The quantitative estimate of drug-likeness (QED) is 0.256. The van der Waals surface area contributed by atoms with Gasteiger partial charge in [-0.25, -0.2) is 10.5 Å². The van der Waals surface area contributed by atoms with Crippen molar-refractivity contribution in [3.05, 3.63) is 124 Å². The summed E-state index contributed by atoms with van der Waals surface area (Å²) >= 11 is 0. The zero-order valence-corrected chi connectivity index (χ0v) is 19.0. The molecule has 0 saturated carbocycles. The van der Waals surface area contributed by atoms with Gasteiger partial charge < -0.3 is 5.32 Å². The summed E-state index contributed by atoms with van der Waals surface area (Å²) in [5, 5.41) is 16.2. The zero-order valence-electron chi connectivity index (χ0n) is 19.0. The molecular weight excluding hydrogens is 454 g/mol. The highest BCUT2D eigenvalue weighted by atomic mass is 16.2. The van der Waals surface area contributed by atoms with E-state index in [1.807, 2.05) is 42.5 Å². The lowest BCUT2D eigenvalue weighted by Gasteiger charge is -2.18. The van der Waals surface area contributed by atoms with Crippen LogP contribution in [0.2, 0.25) is 0 Å². The predicted molar refractivity (Wildman–Crippen MR) is 139 cm³/mol. The molecule has 0 aliphatic carbocycles. The highest BCUT2D eigenvalue weighted by Gasteiger charge is 2.27. The number of carbonyl (C=O) groups excluding carboxylic acids is 2. The number of aromatic amines is 1. The number of rotatable bonds is 6. The predicted octanol–water partition coefficient (Wildman–Crippen LogP) is 3.70. The van der Waals surface area contributed by atoms with E-state index in [-0.39, 0.29) is 5.69 Å². The standard InChI is InChI=1S/C28H21N5O3/c34-26(19-10-2-1-3-11-19)30-25(24-22-15-6-7-16-23(22)27(35)33-31-24)28(36)32-29-17-20-13-8-12-18-9-4-5-14-21(18)20/h1-17,25H,(H,30,34)(H,32,36)(H,33,35)/t25-/m1/s1. The highest BCUT2D eigenvalue weighted by Crippen LogP contribution is 2.21. The molecule has 2 amide bonds. The van der Waals surface area contributed by atoms with Crippen LogP contribution in [0.1, 0.15) is 27.7 Å². The highest BCUT2D eigenvalue weighted by molar-refractivity contribution is 6.01. The molecule has 0 fully saturated rings. The molecule has 1 atom stereocenters. The molecule has 0 spiro atoms. The second-order valence-corrected chi connectivity index (χ2v) is 8.06. The number of amides is 2. The van der Waals surface area contributed by atoms with Gasteiger partial charge in [-0.1, -0.05) is 78.9 Å². The lowest BCUT2D eigenvalue weighted by molar-refractivity contribution is -0.123. The number of aromatic nitrogens is 2. The van der Waals surface area contributed by atoms with Gasteiger partial charge in [0.1, 0.15) is 5.69 Å². The van der Waals surface area contributed by atoms with E-state index in [9.17, 15) is 14.4 Å². The summed E-state index contributed by atoms with van der Waals surface area (Å²) < 4.78 is 0. The molecule has 5 aromatic rings. The van der Waals surface area contributed by atoms with E-state index < -0.39 is 23.4 Å². The van der Waals surface area contributed by atoms with E-state index in [0.29, 0.717) is 16.3 Å². The molecule has 1 heterocycles. The van der Waals surface area contributed by atoms with E-state index in [0.717, 1.165) is 16.3 Å². The molecule has 36 heavy (non-hydrogen) atoms. The van der Waals surface area contributed by atoms with E-state index in [2.05, 4.69) is 26.0 Å². The van der Waals surface area contributed by atoms with Crippen LogP contribution >= 0.6 is 0 Å². The molecule has 8 nitrogen and oxygen atoms in total. The van der Waals surface area contributed by atoms with Gasteiger partial charge in [0.05, 0.1) is 11.6 Å². The van der Waals surface area contributed by atoms with E-state index in [4.69, 9.17) is 0 Å². The van der Waals surface area contributed by atoms with Gasteiger partial charge >= 0.3 is 0 Å². The van der Waals surface area contributed by atoms with Gasteiger partial charge in [0.15, 0.2) is 6.04 Å². The Morgan fingerprint density at radius 3 is 2.28 bits per heavy atom. The summed E-state index contributed by atoms with van der Waals surface area (Å²) in [6.45, 7) is 0. The summed E-state index contributed by atoms with van der Waals surface area (Å²) in [6, 6.07) is 27.7. The average molecular weight is 476 g/mol. The maximum Gasteiger partial charge on any atom is 0.272 e. The van der Waals surface area contributed by atoms with Gasteiger partial charge in [-0.15, -0.1) is 0 Å². The third-order valence-corrected chi connectivity index (χ3v) is 5.77. The van der Waals surface area contributed by atoms with Gasteiger partial charge in [-0.2, -0.15) is 10.2 Å². The van der Waals surface area contributed by atoms with Crippen molar-refractivity contribution in [2.75, 3.05) is 0 Å². The van der Waals surface area contributed by atoms with Crippen LogP contribution in [0.25, 0.3) is 21.5 Å². The number of fused-ring (bicyclic) bond motifs is 2. The fraction of sp³-hybridized carbons (Fsp3) is 0.0357. The smallest absolute Gasteiger partial charge is 0.272 e. The number of hydrogen-bond donors (Lipinski definition) is 3. The number of nitrogens with zero attached hydrogens (tertiary/aromatic N) is 2. The lowest BCUT2D eigenvalue weighted by atomic mass is 10.0. The van der Waals surface area contributed by atoms with Crippen molar-refractivity contribution < 1.29 is 9.59 Å². The van der Waals surface area contributed by atoms with Gasteiger partial charge in [0.2, 0.25) is 0 Å². The summed E-state index contributed by atoms with van der Waals surface area (Å²) in [7, 11) is 0. The fourth-order valence-corrected chi connectivity index (χ4v) is 4.01. The van der Waals surface area contributed by atoms with Crippen molar-refractivity contribution in [3.63, 3.8) is 0 Å². The molecule has 3 N–H and O–H groups in total. The third-order valence-electron chi connectivity index (χ3n) is 5.77. The number of benzene rings is 4. The summed E-state index contributed by atoms with van der Waals surface area (Å²) in [4.78, 5) is 38.5. The van der Waals surface area contributed by atoms with Gasteiger partial charge in [0.25, 0.3) is 17.4 Å². The van der Waals surface area contributed by atoms with Crippen LogP contribution in [0, 0.1) is 0 Å². The molecule has 4 aromatic carbocycles. The topological polar surface area (TPSA) is 116 Å². The first-order chi connectivity index (χ1) is 17.6. The number of hydrogen-bond acceptors (Lipinski definition) is 5. The minimum Gasteiger partial charge on any atom is -0.335 e. The van der Waals surface area contributed by atoms with Gasteiger partial charge in [0, 0.05) is 16.5 Å². The molecule has 5 rings (SSSR count). The van der Waals surface area contributed by atoms with E-state index >= 15 is 0 Å². The van der Waals surface area contributed by atoms with Gasteiger partial charge in [-0.3, -0.25) is 14.4 Å². The Labute approximate surface area is 205 Å². The fourth-order valence-electron chi connectivity index (χ4n) is 4.01. The Hall–Kier alpha value is -5.11. The zero-order chi connectivity index (χ0) is 24.9. The molecule has 0 aliphatic rings. The molecule has 0 saturated heterocycles. The molecule has 8 heteroatoms.